The van der Waals surface area contributed by atoms with Crippen LogP contribution >= 0.6 is 0 Å². The summed E-state index contributed by atoms with van der Waals surface area (Å²) < 4.78 is 1.59. The molecule has 0 aliphatic rings. The van der Waals surface area contributed by atoms with E-state index < -0.39 is 0 Å². The molecule has 4 nitrogen and oxygen atoms in total. The number of hydrogen-bond donors (Lipinski definition) is 0. The monoisotopic (exact) mass is 296 g/mol. The summed E-state index contributed by atoms with van der Waals surface area (Å²) in [4.78, 5) is 0. The van der Waals surface area contributed by atoms with Crippen molar-refractivity contribution >= 4 is 38.5 Å². The second-order valence-electron chi connectivity index (χ2n) is 5.64. The summed E-state index contributed by atoms with van der Waals surface area (Å²) >= 11 is 0. The van der Waals surface area contributed by atoms with Gasteiger partial charge in [-0.3, -0.25) is 0 Å². The lowest BCUT2D eigenvalue weighted by Crippen LogP contribution is -1.90. The number of hydrogen-bond acceptors (Lipinski definition) is 3. The molecule has 0 atom stereocenters. The van der Waals surface area contributed by atoms with Gasteiger partial charge in [0, 0.05) is 0 Å². The Labute approximate surface area is 132 Å². The van der Waals surface area contributed by atoms with Gasteiger partial charge in [-0.05, 0) is 50.0 Å². The molecule has 0 bridgehead atoms. The molecule has 0 unspecified atom stereocenters. The van der Waals surface area contributed by atoms with Crippen LogP contribution in [0.4, 0.5) is 0 Å². The van der Waals surface area contributed by atoms with E-state index in [-0.39, 0.29) is 0 Å². The summed E-state index contributed by atoms with van der Waals surface area (Å²) in [5, 5.41) is 19.5. The highest BCUT2D eigenvalue weighted by Crippen LogP contribution is 2.34. The smallest absolute Gasteiger partial charge is 0.141 e. The largest absolute Gasteiger partial charge is 0.208 e. The molecule has 0 fully saturated rings. The molecule has 0 N–H and O–H groups in total. The fourth-order valence-electron chi connectivity index (χ4n) is 3.24. The molecule has 23 heavy (non-hydrogen) atoms. The van der Waals surface area contributed by atoms with Crippen molar-refractivity contribution in [2.45, 2.75) is 0 Å². The molecule has 4 heteroatoms. The SMILES string of the molecule is C(=N\n1cnnc1)/c1cc2ccc3cccc4ccc(c1)c2c34. The topological polar surface area (TPSA) is 43.1 Å². The van der Waals surface area contributed by atoms with Crippen LogP contribution in [0.2, 0.25) is 0 Å². The van der Waals surface area contributed by atoms with Crippen LogP contribution in [-0.2, 0) is 0 Å². The van der Waals surface area contributed by atoms with Gasteiger partial charge < -0.3 is 0 Å². The van der Waals surface area contributed by atoms with Crippen molar-refractivity contribution in [3.63, 3.8) is 0 Å². The Balaban J connectivity index is 1.78. The maximum absolute atomic E-state index is 4.34. The summed E-state index contributed by atoms with van der Waals surface area (Å²) in [5.41, 5.74) is 1.06. The van der Waals surface area contributed by atoms with E-state index in [0.717, 1.165) is 5.56 Å². The van der Waals surface area contributed by atoms with Crippen molar-refractivity contribution in [2.24, 2.45) is 5.10 Å². The van der Waals surface area contributed by atoms with Gasteiger partial charge in [0.25, 0.3) is 0 Å². The van der Waals surface area contributed by atoms with Crippen molar-refractivity contribution in [2.75, 3.05) is 0 Å². The Hall–Kier alpha value is -3.27. The molecule has 5 aromatic rings. The number of nitrogens with zero attached hydrogens (tertiary/aromatic N) is 4. The van der Waals surface area contributed by atoms with Crippen LogP contribution in [0.3, 0.4) is 0 Å². The maximum atomic E-state index is 4.34. The minimum absolute atomic E-state index is 1.06. The van der Waals surface area contributed by atoms with Crippen LogP contribution in [0.25, 0.3) is 32.3 Å². The van der Waals surface area contributed by atoms with Gasteiger partial charge in [-0.25, -0.2) is 4.68 Å². The Bertz CT molecular complexity index is 1090. The number of rotatable bonds is 2. The van der Waals surface area contributed by atoms with Gasteiger partial charge in [0.2, 0.25) is 0 Å². The highest BCUT2D eigenvalue weighted by atomic mass is 15.4. The van der Waals surface area contributed by atoms with E-state index in [1.807, 2.05) is 6.21 Å². The van der Waals surface area contributed by atoms with Crippen molar-refractivity contribution in [3.8, 4) is 0 Å². The number of benzene rings is 4. The van der Waals surface area contributed by atoms with E-state index in [2.05, 4.69) is 69.9 Å². The van der Waals surface area contributed by atoms with Crippen molar-refractivity contribution in [1.29, 1.82) is 0 Å². The molecular formula is C19H12N4. The predicted molar refractivity (Wildman–Crippen MR) is 93.2 cm³/mol. The zero-order chi connectivity index (χ0) is 15.2. The van der Waals surface area contributed by atoms with E-state index >= 15 is 0 Å². The Morgan fingerprint density at radius 3 is 1.96 bits per heavy atom. The minimum Gasteiger partial charge on any atom is -0.208 e. The van der Waals surface area contributed by atoms with Crippen LogP contribution in [0, 0.1) is 0 Å². The summed E-state index contributed by atoms with van der Waals surface area (Å²) in [6.07, 6.45) is 4.97. The summed E-state index contributed by atoms with van der Waals surface area (Å²) in [7, 11) is 0. The first-order valence-corrected chi connectivity index (χ1v) is 7.45. The third kappa shape index (κ3) is 1.89. The van der Waals surface area contributed by atoms with Gasteiger partial charge in [0.1, 0.15) is 12.7 Å². The molecule has 108 valence electrons. The van der Waals surface area contributed by atoms with Gasteiger partial charge in [0.15, 0.2) is 0 Å². The normalized spacial score (nSPS) is 12.2. The molecule has 0 radical (unpaired) electrons. The third-order valence-electron chi connectivity index (χ3n) is 4.23. The second-order valence-corrected chi connectivity index (χ2v) is 5.64. The maximum Gasteiger partial charge on any atom is 0.141 e. The van der Waals surface area contributed by atoms with Crippen LogP contribution in [0.1, 0.15) is 5.56 Å². The molecule has 5 rings (SSSR count). The predicted octanol–water partition coefficient (Wildman–Crippen LogP) is 4.06. The lowest BCUT2D eigenvalue weighted by Gasteiger charge is -2.11. The molecule has 0 saturated carbocycles. The van der Waals surface area contributed by atoms with Gasteiger partial charge in [0.05, 0.1) is 6.21 Å². The highest BCUT2D eigenvalue weighted by Gasteiger charge is 2.08. The minimum atomic E-state index is 1.06. The van der Waals surface area contributed by atoms with E-state index in [0.29, 0.717) is 0 Å². The summed E-state index contributed by atoms with van der Waals surface area (Å²) in [6.45, 7) is 0. The first kappa shape index (κ1) is 12.3. The van der Waals surface area contributed by atoms with Crippen LogP contribution in [0.5, 0.6) is 0 Å². The summed E-state index contributed by atoms with van der Waals surface area (Å²) in [6, 6.07) is 19.5. The number of aromatic nitrogens is 3. The van der Waals surface area contributed by atoms with E-state index in [1.165, 1.54) is 32.3 Å². The molecule has 0 amide bonds. The lowest BCUT2D eigenvalue weighted by atomic mass is 9.93. The Kier molecular flexibility index (Phi) is 2.46. The van der Waals surface area contributed by atoms with Crippen molar-refractivity contribution in [3.05, 3.63) is 72.8 Å². The Morgan fingerprint density at radius 1 is 0.739 bits per heavy atom. The molecule has 1 heterocycles. The quantitative estimate of drug-likeness (QED) is 0.364. The zero-order valence-electron chi connectivity index (χ0n) is 12.2. The van der Waals surface area contributed by atoms with Gasteiger partial charge in [-0.1, -0.05) is 42.5 Å². The standard InChI is InChI=1S/C19H12N4/c1-2-14-4-6-16-8-13(10-22-23-11-20-21-12-23)9-17-7-5-15(3-1)18(14)19(16)17/h1-12H/b22-10+. The summed E-state index contributed by atoms with van der Waals surface area (Å²) in [5.74, 6) is 0. The van der Waals surface area contributed by atoms with E-state index in [1.54, 1.807) is 17.3 Å². The first-order chi connectivity index (χ1) is 11.4. The average molecular weight is 296 g/mol. The van der Waals surface area contributed by atoms with Crippen LogP contribution < -0.4 is 0 Å². The molecule has 0 aliphatic heterocycles. The van der Waals surface area contributed by atoms with Crippen molar-refractivity contribution in [1.82, 2.24) is 14.9 Å². The van der Waals surface area contributed by atoms with Gasteiger partial charge in [-0.15, -0.1) is 10.2 Å². The highest BCUT2D eigenvalue weighted by molar-refractivity contribution is 6.23. The molecule has 4 aromatic carbocycles. The van der Waals surface area contributed by atoms with Gasteiger partial charge >= 0.3 is 0 Å². The lowest BCUT2D eigenvalue weighted by molar-refractivity contribution is 0.878. The Morgan fingerprint density at radius 2 is 1.30 bits per heavy atom. The molecule has 1 aromatic heterocycles. The first-order valence-electron chi connectivity index (χ1n) is 7.45. The molecule has 0 aliphatic carbocycles. The van der Waals surface area contributed by atoms with E-state index in [4.69, 9.17) is 0 Å². The fraction of sp³-hybridized carbons (Fsp3) is 0. The average Bonchev–Trinajstić information content (AvgIpc) is 3.11. The second kappa shape index (κ2) is 4.61. The van der Waals surface area contributed by atoms with Crippen LogP contribution in [-0.4, -0.2) is 21.1 Å². The van der Waals surface area contributed by atoms with Crippen LogP contribution in [0.15, 0.2) is 72.4 Å². The third-order valence-corrected chi connectivity index (χ3v) is 4.23. The fourth-order valence-corrected chi connectivity index (χ4v) is 3.24. The van der Waals surface area contributed by atoms with Crippen molar-refractivity contribution < 1.29 is 0 Å². The van der Waals surface area contributed by atoms with E-state index in [9.17, 15) is 0 Å². The molecule has 0 saturated heterocycles. The molecular weight excluding hydrogens is 284 g/mol. The zero-order valence-corrected chi connectivity index (χ0v) is 12.2. The van der Waals surface area contributed by atoms with Gasteiger partial charge in [-0.2, -0.15) is 5.10 Å². The molecule has 0 spiro atoms.